The van der Waals surface area contributed by atoms with Gasteiger partial charge < -0.3 is 20.5 Å². The number of amides is 1. The molecule has 0 aromatic carbocycles. The van der Waals surface area contributed by atoms with Crippen molar-refractivity contribution in [3.05, 3.63) is 22.4 Å². The normalized spacial score (nSPS) is 20.2. The van der Waals surface area contributed by atoms with Gasteiger partial charge in [-0.15, -0.1) is 0 Å². The van der Waals surface area contributed by atoms with Gasteiger partial charge in [0.1, 0.15) is 5.60 Å². The molecule has 0 saturated carbocycles. The first-order valence-corrected chi connectivity index (χ1v) is 9.21. The van der Waals surface area contributed by atoms with Gasteiger partial charge in [-0.3, -0.25) is 4.79 Å². The molecule has 1 aliphatic rings. The highest BCUT2D eigenvalue weighted by molar-refractivity contribution is 7.08. The summed E-state index contributed by atoms with van der Waals surface area (Å²) < 4.78 is 5.36. The molecule has 0 spiro atoms. The predicted molar refractivity (Wildman–Crippen MR) is 92.5 cm³/mol. The Morgan fingerprint density at radius 2 is 2.17 bits per heavy atom. The van der Waals surface area contributed by atoms with Gasteiger partial charge in [0.2, 0.25) is 5.91 Å². The van der Waals surface area contributed by atoms with E-state index in [0.717, 1.165) is 31.6 Å². The summed E-state index contributed by atoms with van der Waals surface area (Å²) in [5, 5.41) is 20.7. The summed E-state index contributed by atoms with van der Waals surface area (Å²) in [6.07, 6.45) is 1.87. The molecule has 2 rings (SSSR count). The number of hydrogen-bond donors (Lipinski definition) is 3. The topological polar surface area (TPSA) is 70.6 Å². The third-order valence-electron chi connectivity index (χ3n) is 4.34. The molecule has 0 radical (unpaired) electrons. The van der Waals surface area contributed by atoms with E-state index in [-0.39, 0.29) is 24.4 Å². The lowest BCUT2D eigenvalue weighted by molar-refractivity contribution is -0.125. The monoisotopic (exact) mass is 340 g/mol. The van der Waals surface area contributed by atoms with Crippen molar-refractivity contribution in [3.63, 3.8) is 0 Å². The highest BCUT2D eigenvalue weighted by atomic mass is 32.1. The molecule has 3 N–H and O–H groups in total. The minimum atomic E-state index is -1.05. The van der Waals surface area contributed by atoms with E-state index in [2.05, 4.69) is 10.6 Å². The summed E-state index contributed by atoms with van der Waals surface area (Å²) in [5.74, 6) is 0.130. The molecular formula is C17H28N2O3S. The van der Waals surface area contributed by atoms with Gasteiger partial charge >= 0.3 is 0 Å². The van der Waals surface area contributed by atoms with E-state index < -0.39 is 5.60 Å². The van der Waals surface area contributed by atoms with E-state index in [1.807, 2.05) is 30.7 Å². The van der Waals surface area contributed by atoms with Crippen LogP contribution in [0.4, 0.5) is 0 Å². The van der Waals surface area contributed by atoms with Crippen LogP contribution in [0.25, 0.3) is 0 Å². The van der Waals surface area contributed by atoms with Crippen molar-refractivity contribution < 1.29 is 14.6 Å². The Morgan fingerprint density at radius 3 is 2.74 bits per heavy atom. The third kappa shape index (κ3) is 5.28. The van der Waals surface area contributed by atoms with Crippen LogP contribution in [-0.4, -0.2) is 42.9 Å². The fourth-order valence-corrected chi connectivity index (χ4v) is 3.51. The van der Waals surface area contributed by atoms with E-state index >= 15 is 0 Å². The maximum Gasteiger partial charge on any atom is 0.237 e. The first-order chi connectivity index (χ1) is 10.9. The van der Waals surface area contributed by atoms with E-state index in [1.165, 1.54) is 11.3 Å². The Morgan fingerprint density at radius 1 is 1.48 bits per heavy atom. The molecule has 1 saturated heterocycles. The average Bonchev–Trinajstić information content (AvgIpc) is 3.06. The molecule has 5 nitrogen and oxygen atoms in total. The Kier molecular flexibility index (Phi) is 6.59. The van der Waals surface area contributed by atoms with E-state index in [9.17, 15) is 9.90 Å². The van der Waals surface area contributed by atoms with Crippen LogP contribution >= 0.6 is 11.3 Å². The van der Waals surface area contributed by atoms with Crippen LogP contribution in [0.2, 0.25) is 0 Å². The molecule has 23 heavy (non-hydrogen) atoms. The maximum absolute atomic E-state index is 12.6. The smallest absolute Gasteiger partial charge is 0.237 e. The number of thiophene rings is 1. The second kappa shape index (κ2) is 8.24. The molecule has 1 aromatic heterocycles. The number of nitrogens with one attached hydrogen (secondary N) is 2. The van der Waals surface area contributed by atoms with Crippen molar-refractivity contribution in [2.75, 3.05) is 19.8 Å². The molecular weight excluding hydrogens is 312 g/mol. The second-order valence-electron chi connectivity index (χ2n) is 6.78. The average molecular weight is 340 g/mol. The summed E-state index contributed by atoms with van der Waals surface area (Å²) in [4.78, 5) is 12.6. The molecule has 130 valence electrons. The van der Waals surface area contributed by atoms with Crippen LogP contribution in [0.1, 0.15) is 39.2 Å². The molecule has 0 aliphatic carbocycles. The minimum absolute atomic E-state index is 0.0537. The second-order valence-corrected chi connectivity index (χ2v) is 7.56. The zero-order valence-corrected chi connectivity index (χ0v) is 15.0. The van der Waals surface area contributed by atoms with Crippen LogP contribution in [0.15, 0.2) is 16.8 Å². The fraction of sp³-hybridized carbons (Fsp3) is 0.706. The van der Waals surface area contributed by atoms with E-state index in [1.54, 1.807) is 6.92 Å². The molecule has 1 amide bonds. The summed E-state index contributed by atoms with van der Waals surface area (Å²) in [7, 11) is 0. The molecule has 6 heteroatoms. The van der Waals surface area contributed by atoms with Crippen molar-refractivity contribution in [2.45, 2.75) is 51.3 Å². The van der Waals surface area contributed by atoms with Crippen LogP contribution in [0.5, 0.6) is 0 Å². The third-order valence-corrected chi connectivity index (χ3v) is 5.02. The van der Waals surface area contributed by atoms with E-state index in [0.29, 0.717) is 6.04 Å². The quantitative estimate of drug-likeness (QED) is 0.709. The molecule has 1 aliphatic heterocycles. The SMILES string of the molecule is CC(C)C(NC1CCOCC1)C(=O)NCC(C)(O)c1ccsc1. The van der Waals surface area contributed by atoms with Crippen LogP contribution in [0, 0.1) is 5.92 Å². The zero-order chi connectivity index (χ0) is 16.9. The summed E-state index contributed by atoms with van der Waals surface area (Å²) in [5.41, 5.74) is -0.211. The van der Waals surface area contributed by atoms with Crippen LogP contribution < -0.4 is 10.6 Å². The van der Waals surface area contributed by atoms with E-state index in [4.69, 9.17) is 4.74 Å². The number of carbonyl (C=O) groups is 1. The van der Waals surface area contributed by atoms with Crippen molar-refractivity contribution in [1.82, 2.24) is 10.6 Å². The summed E-state index contributed by atoms with van der Waals surface area (Å²) in [6, 6.07) is 1.95. The van der Waals surface area contributed by atoms with Gasteiger partial charge in [0.25, 0.3) is 0 Å². The number of ether oxygens (including phenoxy) is 1. The predicted octanol–water partition coefficient (Wildman–Crippen LogP) is 1.87. The fourth-order valence-electron chi connectivity index (χ4n) is 2.73. The Hall–Kier alpha value is -0.950. The molecule has 0 bridgehead atoms. The van der Waals surface area contributed by atoms with Crippen LogP contribution in [-0.2, 0) is 15.1 Å². The Labute approximate surface area is 142 Å². The van der Waals surface area contributed by atoms with Crippen molar-refractivity contribution in [3.8, 4) is 0 Å². The number of rotatable bonds is 7. The van der Waals surface area contributed by atoms with Crippen molar-refractivity contribution in [2.24, 2.45) is 5.92 Å². The van der Waals surface area contributed by atoms with Gasteiger partial charge in [0.05, 0.1) is 12.6 Å². The van der Waals surface area contributed by atoms with Gasteiger partial charge in [0, 0.05) is 19.3 Å². The molecule has 2 heterocycles. The van der Waals surface area contributed by atoms with Crippen molar-refractivity contribution in [1.29, 1.82) is 0 Å². The Bertz CT molecular complexity index is 482. The van der Waals surface area contributed by atoms with Gasteiger partial charge in [-0.1, -0.05) is 13.8 Å². The van der Waals surface area contributed by atoms with Gasteiger partial charge in [-0.25, -0.2) is 0 Å². The highest BCUT2D eigenvalue weighted by Gasteiger charge is 2.29. The largest absolute Gasteiger partial charge is 0.384 e. The number of hydrogen-bond acceptors (Lipinski definition) is 5. The Balaban J connectivity index is 1.90. The lowest BCUT2D eigenvalue weighted by atomic mass is 9.97. The summed E-state index contributed by atoms with van der Waals surface area (Å²) in [6.45, 7) is 7.50. The van der Waals surface area contributed by atoms with Gasteiger partial charge in [-0.05, 0) is 48.1 Å². The van der Waals surface area contributed by atoms with Crippen LogP contribution in [0.3, 0.4) is 0 Å². The standard InChI is InChI=1S/C17H28N2O3S/c1-12(2)15(19-14-4-7-22-8-5-14)16(20)18-11-17(3,21)13-6-9-23-10-13/h6,9-10,12,14-15,19,21H,4-5,7-8,11H2,1-3H3,(H,18,20). The maximum atomic E-state index is 12.6. The number of aliphatic hydroxyl groups is 1. The molecule has 2 atom stereocenters. The van der Waals surface area contributed by atoms with Crippen molar-refractivity contribution >= 4 is 17.2 Å². The zero-order valence-electron chi connectivity index (χ0n) is 14.2. The molecule has 1 fully saturated rings. The first-order valence-electron chi connectivity index (χ1n) is 8.26. The highest BCUT2D eigenvalue weighted by Crippen LogP contribution is 2.22. The minimum Gasteiger partial charge on any atom is -0.384 e. The molecule has 2 unspecified atom stereocenters. The van der Waals surface area contributed by atoms with Gasteiger partial charge in [0.15, 0.2) is 0 Å². The summed E-state index contributed by atoms with van der Waals surface area (Å²) >= 11 is 1.54. The number of carbonyl (C=O) groups excluding carboxylic acids is 1. The van der Waals surface area contributed by atoms with Gasteiger partial charge in [-0.2, -0.15) is 11.3 Å². The lowest BCUT2D eigenvalue weighted by Gasteiger charge is -2.31. The first kappa shape index (κ1) is 18.4. The molecule has 1 aromatic rings. The lowest BCUT2D eigenvalue weighted by Crippen LogP contribution is -2.54.